The van der Waals surface area contributed by atoms with Gasteiger partial charge in [-0.15, -0.1) is 0 Å². The summed E-state index contributed by atoms with van der Waals surface area (Å²) in [5.74, 6) is 1.38. The number of amides is 1. The smallest absolute Gasteiger partial charge is 0.251 e. The van der Waals surface area contributed by atoms with Crippen LogP contribution in [0, 0.1) is 0 Å². The molecule has 6 nitrogen and oxygen atoms in total. The zero-order valence-corrected chi connectivity index (χ0v) is 13.9. The molecule has 2 aliphatic heterocycles. The van der Waals surface area contributed by atoms with E-state index < -0.39 is 0 Å². The normalized spacial score (nSPS) is 23.4. The maximum absolute atomic E-state index is 12.6. The summed E-state index contributed by atoms with van der Waals surface area (Å²) >= 11 is 0. The van der Waals surface area contributed by atoms with E-state index in [1.54, 1.807) is 33.5 Å². The van der Waals surface area contributed by atoms with Gasteiger partial charge in [-0.05, 0) is 37.9 Å². The van der Waals surface area contributed by atoms with Crippen LogP contribution in [-0.4, -0.2) is 57.3 Å². The summed E-state index contributed by atoms with van der Waals surface area (Å²) < 4.78 is 15.9. The Bertz CT molecular complexity index is 565. The van der Waals surface area contributed by atoms with Crippen LogP contribution in [0.4, 0.5) is 0 Å². The third-order valence-electron chi connectivity index (χ3n) is 4.85. The van der Waals surface area contributed by atoms with Gasteiger partial charge < -0.3 is 19.5 Å². The molecule has 23 heavy (non-hydrogen) atoms. The Morgan fingerprint density at radius 3 is 2.39 bits per heavy atom. The maximum atomic E-state index is 12.6. The van der Waals surface area contributed by atoms with E-state index in [1.165, 1.54) is 12.8 Å². The van der Waals surface area contributed by atoms with Crippen LogP contribution in [0.5, 0.6) is 17.2 Å². The van der Waals surface area contributed by atoms with Crippen molar-refractivity contribution >= 4 is 5.91 Å². The van der Waals surface area contributed by atoms with Crippen molar-refractivity contribution in [3.8, 4) is 17.2 Å². The number of nitrogens with one attached hydrogen (secondary N) is 1. The van der Waals surface area contributed by atoms with E-state index in [1.807, 2.05) is 0 Å². The van der Waals surface area contributed by atoms with E-state index in [-0.39, 0.29) is 11.9 Å². The van der Waals surface area contributed by atoms with Gasteiger partial charge in [0.1, 0.15) is 0 Å². The molecule has 126 valence electrons. The molecule has 0 spiro atoms. The second kappa shape index (κ2) is 6.66. The fourth-order valence-electron chi connectivity index (χ4n) is 3.71. The Labute approximate surface area is 136 Å². The Morgan fingerprint density at radius 1 is 1.09 bits per heavy atom. The van der Waals surface area contributed by atoms with Gasteiger partial charge in [0.05, 0.1) is 21.3 Å². The molecule has 1 aromatic rings. The average molecular weight is 320 g/mol. The van der Waals surface area contributed by atoms with Gasteiger partial charge in [0.2, 0.25) is 5.75 Å². The van der Waals surface area contributed by atoms with Crippen molar-refractivity contribution in [2.45, 2.75) is 31.3 Å². The monoisotopic (exact) mass is 320 g/mol. The van der Waals surface area contributed by atoms with Crippen molar-refractivity contribution < 1.29 is 19.0 Å². The lowest BCUT2D eigenvalue weighted by Crippen LogP contribution is -2.42. The number of carbonyl (C=O) groups excluding carboxylic acids is 1. The molecule has 1 aromatic carbocycles. The summed E-state index contributed by atoms with van der Waals surface area (Å²) in [4.78, 5) is 15.1. The zero-order chi connectivity index (χ0) is 16.4. The molecule has 0 bridgehead atoms. The number of carbonyl (C=O) groups is 1. The lowest BCUT2D eigenvalue weighted by atomic mass is 10.1. The molecule has 1 N–H and O–H groups in total. The number of rotatable bonds is 5. The number of methoxy groups -OCH3 is 3. The first-order valence-corrected chi connectivity index (χ1v) is 8.03. The molecule has 2 saturated heterocycles. The topological polar surface area (TPSA) is 60.0 Å². The van der Waals surface area contributed by atoms with E-state index in [0.717, 1.165) is 19.5 Å². The van der Waals surface area contributed by atoms with Crippen molar-refractivity contribution in [3.05, 3.63) is 17.7 Å². The number of hydrogen-bond donors (Lipinski definition) is 1. The Kier molecular flexibility index (Phi) is 4.61. The molecule has 1 amide bonds. The summed E-state index contributed by atoms with van der Waals surface area (Å²) in [5.41, 5.74) is 0.524. The van der Waals surface area contributed by atoms with Crippen LogP contribution >= 0.6 is 0 Å². The third-order valence-corrected chi connectivity index (χ3v) is 4.85. The average Bonchev–Trinajstić information content (AvgIpc) is 3.18. The number of hydrogen-bond acceptors (Lipinski definition) is 5. The van der Waals surface area contributed by atoms with Crippen LogP contribution in [0.25, 0.3) is 0 Å². The highest BCUT2D eigenvalue weighted by molar-refractivity contribution is 5.96. The van der Waals surface area contributed by atoms with E-state index >= 15 is 0 Å². The lowest BCUT2D eigenvalue weighted by Gasteiger charge is -2.21. The second-order valence-corrected chi connectivity index (χ2v) is 6.03. The minimum Gasteiger partial charge on any atom is -0.493 e. The summed E-state index contributed by atoms with van der Waals surface area (Å²) in [6.07, 6.45) is 3.41. The highest BCUT2D eigenvalue weighted by atomic mass is 16.5. The molecule has 2 atom stereocenters. The SMILES string of the molecule is COc1cc(C(=O)N[C@H]2CCN3CCC[C@@H]23)cc(OC)c1OC. The summed E-state index contributed by atoms with van der Waals surface area (Å²) in [6, 6.07) is 4.10. The van der Waals surface area contributed by atoms with Crippen molar-refractivity contribution in [2.75, 3.05) is 34.4 Å². The minimum absolute atomic E-state index is 0.0944. The van der Waals surface area contributed by atoms with Crippen molar-refractivity contribution in [1.29, 1.82) is 0 Å². The van der Waals surface area contributed by atoms with Crippen molar-refractivity contribution in [2.24, 2.45) is 0 Å². The van der Waals surface area contributed by atoms with Gasteiger partial charge in [-0.3, -0.25) is 9.69 Å². The van der Waals surface area contributed by atoms with Crippen LogP contribution < -0.4 is 19.5 Å². The van der Waals surface area contributed by atoms with Crippen molar-refractivity contribution in [1.82, 2.24) is 10.2 Å². The molecule has 3 rings (SSSR count). The van der Waals surface area contributed by atoms with Gasteiger partial charge in [-0.2, -0.15) is 0 Å². The predicted octanol–water partition coefficient (Wildman–Crippen LogP) is 1.68. The van der Waals surface area contributed by atoms with Crippen LogP contribution in [0.1, 0.15) is 29.6 Å². The number of ether oxygens (including phenoxy) is 3. The van der Waals surface area contributed by atoms with Gasteiger partial charge in [-0.25, -0.2) is 0 Å². The van der Waals surface area contributed by atoms with Gasteiger partial charge in [-0.1, -0.05) is 0 Å². The Morgan fingerprint density at radius 2 is 1.78 bits per heavy atom. The minimum atomic E-state index is -0.0944. The highest BCUT2D eigenvalue weighted by Gasteiger charge is 2.38. The molecule has 6 heteroatoms. The molecule has 0 aromatic heterocycles. The maximum Gasteiger partial charge on any atom is 0.251 e. The van der Waals surface area contributed by atoms with Crippen molar-refractivity contribution in [3.63, 3.8) is 0 Å². The fraction of sp³-hybridized carbons (Fsp3) is 0.588. The van der Waals surface area contributed by atoms with Crippen LogP contribution in [0.3, 0.4) is 0 Å². The number of benzene rings is 1. The first-order chi connectivity index (χ1) is 11.2. The van der Waals surface area contributed by atoms with E-state index in [0.29, 0.717) is 28.9 Å². The van der Waals surface area contributed by atoms with Gasteiger partial charge in [0, 0.05) is 24.2 Å². The molecule has 2 heterocycles. The second-order valence-electron chi connectivity index (χ2n) is 6.03. The molecule has 0 radical (unpaired) electrons. The van der Waals surface area contributed by atoms with Gasteiger partial charge in [0.15, 0.2) is 11.5 Å². The van der Waals surface area contributed by atoms with Crippen LogP contribution in [-0.2, 0) is 0 Å². The Hall–Kier alpha value is -1.95. The van der Waals surface area contributed by atoms with E-state index in [2.05, 4.69) is 10.2 Å². The fourth-order valence-corrected chi connectivity index (χ4v) is 3.71. The number of nitrogens with zero attached hydrogens (tertiary/aromatic N) is 1. The molecule has 2 fully saturated rings. The predicted molar refractivity (Wildman–Crippen MR) is 86.6 cm³/mol. The third kappa shape index (κ3) is 2.95. The van der Waals surface area contributed by atoms with E-state index in [9.17, 15) is 4.79 Å². The summed E-state index contributed by atoms with van der Waals surface area (Å²) in [5, 5.41) is 3.17. The molecule has 0 saturated carbocycles. The standard InChI is InChI=1S/C17H24N2O4/c1-21-14-9-11(10-15(22-2)16(14)23-3)17(20)18-12-6-8-19-7-4-5-13(12)19/h9-10,12-13H,4-8H2,1-3H3,(H,18,20)/t12-,13-/m0/s1. The summed E-state index contributed by atoms with van der Waals surface area (Å²) in [6.45, 7) is 2.23. The molecule has 2 aliphatic rings. The summed E-state index contributed by atoms with van der Waals surface area (Å²) in [7, 11) is 4.64. The van der Waals surface area contributed by atoms with Crippen LogP contribution in [0.15, 0.2) is 12.1 Å². The highest BCUT2D eigenvalue weighted by Crippen LogP contribution is 2.38. The molecule has 0 aliphatic carbocycles. The van der Waals surface area contributed by atoms with E-state index in [4.69, 9.17) is 14.2 Å². The lowest BCUT2D eigenvalue weighted by molar-refractivity contribution is 0.0928. The largest absolute Gasteiger partial charge is 0.493 e. The van der Waals surface area contributed by atoms with Crippen LogP contribution in [0.2, 0.25) is 0 Å². The number of fused-ring (bicyclic) bond motifs is 1. The molecule has 0 unspecified atom stereocenters. The first-order valence-electron chi connectivity index (χ1n) is 8.03. The van der Waals surface area contributed by atoms with Gasteiger partial charge in [0.25, 0.3) is 5.91 Å². The first kappa shape index (κ1) is 15.9. The Balaban J connectivity index is 1.79. The zero-order valence-electron chi connectivity index (χ0n) is 13.9. The molecular formula is C17H24N2O4. The molecular weight excluding hydrogens is 296 g/mol. The quantitative estimate of drug-likeness (QED) is 0.894. The van der Waals surface area contributed by atoms with Gasteiger partial charge >= 0.3 is 0 Å².